The number of H-pyrrole nitrogens is 1. The Morgan fingerprint density at radius 2 is 1.81 bits per heavy atom. The number of amides is 3. The maximum absolute atomic E-state index is 13.4. The highest BCUT2D eigenvalue weighted by Crippen LogP contribution is 2.29. The van der Waals surface area contributed by atoms with E-state index in [0.717, 1.165) is 23.4 Å². The molecule has 0 fully saturated rings. The van der Waals surface area contributed by atoms with Crippen molar-refractivity contribution in [1.29, 1.82) is 0 Å². The van der Waals surface area contributed by atoms with E-state index in [4.69, 9.17) is 16.6 Å². The van der Waals surface area contributed by atoms with Crippen molar-refractivity contribution in [3.8, 4) is 0 Å². The highest BCUT2D eigenvalue weighted by atomic mass is 16.4. The van der Waals surface area contributed by atoms with Gasteiger partial charge in [0.2, 0.25) is 17.7 Å². The molecular weight excluding hydrogens is 542 g/mol. The number of hydrogen-bond donors (Lipinski definition) is 6. The molecule has 3 amide bonds. The van der Waals surface area contributed by atoms with Gasteiger partial charge in [0, 0.05) is 45.0 Å². The van der Waals surface area contributed by atoms with Crippen LogP contribution in [0.25, 0.3) is 5.57 Å². The number of hydrogen-bond acceptors (Lipinski definition) is 7. The zero-order chi connectivity index (χ0) is 30.3. The van der Waals surface area contributed by atoms with Crippen LogP contribution in [0.4, 0.5) is 0 Å². The van der Waals surface area contributed by atoms with Crippen LogP contribution in [0.5, 0.6) is 0 Å². The molecule has 1 aromatic carbocycles. The maximum atomic E-state index is 13.4. The molecule has 226 valence electrons. The normalized spacial score (nSPS) is 11.8. The number of carbonyl (C=O) groups is 4. The Kier molecular flexibility index (Phi) is 12.5. The van der Waals surface area contributed by atoms with Crippen molar-refractivity contribution < 1.29 is 24.3 Å². The second-order valence-electron chi connectivity index (χ2n) is 9.76. The van der Waals surface area contributed by atoms with E-state index in [0.29, 0.717) is 32.4 Å². The lowest BCUT2D eigenvalue weighted by molar-refractivity contribution is -0.142. The van der Waals surface area contributed by atoms with E-state index >= 15 is 0 Å². The van der Waals surface area contributed by atoms with E-state index in [-0.39, 0.29) is 44.6 Å². The van der Waals surface area contributed by atoms with Crippen molar-refractivity contribution in [2.75, 3.05) is 52.4 Å². The van der Waals surface area contributed by atoms with Crippen LogP contribution in [0.3, 0.4) is 0 Å². The second kappa shape index (κ2) is 16.5. The number of aliphatic carboxylic acids is 1. The molecule has 8 N–H and O–H groups in total. The van der Waals surface area contributed by atoms with Crippen LogP contribution in [-0.4, -0.2) is 107 Å². The van der Waals surface area contributed by atoms with Gasteiger partial charge >= 0.3 is 5.97 Å². The number of imidazole rings is 1. The van der Waals surface area contributed by atoms with Crippen LogP contribution >= 0.6 is 0 Å². The lowest BCUT2D eigenvalue weighted by Gasteiger charge is -2.28. The summed E-state index contributed by atoms with van der Waals surface area (Å²) in [4.78, 5) is 63.8. The molecule has 1 aliphatic carbocycles. The minimum Gasteiger partial charge on any atom is -0.480 e. The standard InChI is InChI=1S/C28H39N9O5/c29-28(30)34-10-3-14-36(18-24(38)35-17-27(41)42)26(40)19-37(25(39)16-31-11-8-23-32-12-13-33-23)15-9-21-7-6-20-4-1-2-5-22(20)21/h1-2,4-5,7,12-13,31H,3,6,8-11,14-19H2,(H,32,33)(H,35,38)(H,41,42)(H4,29,30,34). The second-order valence-corrected chi connectivity index (χ2v) is 9.76. The number of allylic oxidation sites excluding steroid dienone is 1. The summed E-state index contributed by atoms with van der Waals surface area (Å²) >= 11 is 0. The number of carbonyl (C=O) groups excluding carboxylic acids is 3. The Bertz CT molecular complexity index is 1270. The molecule has 0 unspecified atom stereocenters. The number of benzene rings is 1. The molecule has 0 atom stereocenters. The fraction of sp³-hybridized carbons (Fsp3) is 0.429. The minimum absolute atomic E-state index is 0.0210. The summed E-state index contributed by atoms with van der Waals surface area (Å²) < 4.78 is 0. The molecule has 0 saturated heterocycles. The molecule has 1 heterocycles. The van der Waals surface area contributed by atoms with Gasteiger partial charge in [-0.3, -0.25) is 24.2 Å². The lowest BCUT2D eigenvalue weighted by atomic mass is 10.0. The predicted molar refractivity (Wildman–Crippen MR) is 157 cm³/mol. The summed E-state index contributed by atoms with van der Waals surface area (Å²) in [7, 11) is 0. The average Bonchev–Trinajstić information content (AvgIpc) is 3.63. The van der Waals surface area contributed by atoms with Crippen LogP contribution in [0.1, 0.15) is 29.8 Å². The van der Waals surface area contributed by atoms with Crippen molar-refractivity contribution in [2.45, 2.75) is 25.7 Å². The predicted octanol–water partition coefficient (Wildman–Crippen LogP) is -0.907. The fourth-order valence-electron chi connectivity index (χ4n) is 4.52. The largest absolute Gasteiger partial charge is 0.480 e. The number of aromatic nitrogens is 2. The first-order valence-corrected chi connectivity index (χ1v) is 13.8. The molecule has 0 aliphatic heterocycles. The van der Waals surface area contributed by atoms with E-state index in [9.17, 15) is 19.2 Å². The number of nitrogens with two attached hydrogens (primary N) is 2. The Morgan fingerprint density at radius 3 is 2.55 bits per heavy atom. The minimum atomic E-state index is -1.20. The Balaban J connectivity index is 1.66. The lowest BCUT2D eigenvalue weighted by Crippen LogP contribution is -2.49. The quantitative estimate of drug-likeness (QED) is 0.0730. The Morgan fingerprint density at radius 1 is 1.02 bits per heavy atom. The maximum Gasteiger partial charge on any atom is 0.322 e. The SMILES string of the molecule is NC(N)=NCCCN(CC(=O)NCC(=O)O)C(=O)CN(CCC1=CCc2ccccc21)C(=O)CNCCc1ncc[nH]1. The number of nitrogens with one attached hydrogen (secondary N) is 3. The zero-order valence-electron chi connectivity index (χ0n) is 23.6. The number of aliphatic imine (C=N–C) groups is 1. The monoisotopic (exact) mass is 581 g/mol. The van der Waals surface area contributed by atoms with Crippen molar-refractivity contribution in [3.63, 3.8) is 0 Å². The van der Waals surface area contributed by atoms with E-state index in [1.54, 1.807) is 12.4 Å². The van der Waals surface area contributed by atoms with E-state index in [1.807, 2.05) is 12.1 Å². The number of fused-ring (bicyclic) bond motifs is 1. The molecule has 0 bridgehead atoms. The van der Waals surface area contributed by atoms with Gasteiger partial charge in [-0.1, -0.05) is 30.3 Å². The summed E-state index contributed by atoms with van der Waals surface area (Å²) in [6.07, 6.45) is 7.89. The van der Waals surface area contributed by atoms with Gasteiger partial charge in [-0.25, -0.2) is 4.98 Å². The van der Waals surface area contributed by atoms with Crippen LogP contribution in [0.15, 0.2) is 47.7 Å². The third kappa shape index (κ3) is 10.7. The van der Waals surface area contributed by atoms with Gasteiger partial charge in [-0.2, -0.15) is 0 Å². The summed E-state index contributed by atoms with van der Waals surface area (Å²) in [5.74, 6) is -1.83. The van der Waals surface area contributed by atoms with Gasteiger partial charge in [0.25, 0.3) is 0 Å². The zero-order valence-corrected chi connectivity index (χ0v) is 23.6. The highest BCUT2D eigenvalue weighted by molar-refractivity contribution is 5.90. The summed E-state index contributed by atoms with van der Waals surface area (Å²) in [5.41, 5.74) is 14.2. The van der Waals surface area contributed by atoms with Gasteiger partial charge in [0.1, 0.15) is 12.4 Å². The molecule has 0 spiro atoms. The molecule has 42 heavy (non-hydrogen) atoms. The van der Waals surface area contributed by atoms with Crippen LogP contribution in [-0.2, 0) is 32.0 Å². The first-order chi connectivity index (χ1) is 20.2. The van der Waals surface area contributed by atoms with Gasteiger partial charge in [0.05, 0.1) is 19.6 Å². The summed E-state index contributed by atoms with van der Waals surface area (Å²) in [5, 5.41) is 14.2. The van der Waals surface area contributed by atoms with Crippen LogP contribution < -0.4 is 22.1 Å². The Labute approximate surface area is 244 Å². The molecule has 14 heteroatoms. The van der Waals surface area contributed by atoms with Crippen LogP contribution in [0.2, 0.25) is 0 Å². The molecular formula is C28H39N9O5. The van der Waals surface area contributed by atoms with Gasteiger partial charge in [-0.15, -0.1) is 0 Å². The molecule has 0 saturated carbocycles. The van der Waals surface area contributed by atoms with Crippen LogP contribution in [0, 0.1) is 0 Å². The van der Waals surface area contributed by atoms with Crippen molar-refractivity contribution in [3.05, 3.63) is 59.7 Å². The first kappa shape index (κ1) is 31.8. The highest BCUT2D eigenvalue weighted by Gasteiger charge is 2.24. The number of carboxylic acids is 1. The molecule has 0 radical (unpaired) electrons. The van der Waals surface area contributed by atoms with Crippen molar-refractivity contribution in [1.82, 2.24) is 30.4 Å². The Hall–Kier alpha value is -4.72. The van der Waals surface area contributed by atoms with E-state index in [2.05, 4.69) is 43.8 Å². The van der Waals surface area contributed by atoms with E-state index in [1.165, 1.54) is 15.4 Å². The van der Waals surface area contributed by atoms with Gasteiger partial charge in [-0.05, 0) is 36.0 Å². The first-order valence-electron chi connectivity index (χ1n) is 13.8. The van der Waals surface area contributed by atoms with Crippen molar-refractivity contribution >= 4 is 35.2 Å². The molecule has 1 aromatic heterocycles. The number of aromatic amines is 1. The van der Waals surface area contributed by atoms with Crippen molar-refractivity contribution in [2.24, 2.45) is 16.5 Å². The van der Waals surface area contributed by atoms with Gasteiger partial charge < -0.3 is 42.0 Å². The molecule has 3 rings (SSSR count). The van der Waals surface area contributed by atoms with Gasteiger partial charge in [0.15, 0.2) is 5.96 Å². The molecule has 14 nitrogen and oxygen atoms in total. The summed E-state index contributed by atoms with van der Waals surface area (Å²) in [6, 6.07) is 8.09. The smallest absolute Gasteiger partial charge is 0.322 e. The topological polar surface area (TPSA) is 212 Å². The number of rotatable bonds is 18. The number of nitrogens with zero attached hydrogens (tertiary/aromatic N) is 4. The molecule has 1 aliphatic rings. The number of guanidine groups is 1. The average molecular weight is 582 g/mol. The fourth-order valence-corrected chi connectivity index (χ4v) is 4.52. The third-order valence-electron chi connectivity index (χ3n) is 6.64. The molecule has 2 aromatic rings. The van der Waals surface area contributed by atoms with E-state index < -0.39 is 24.3 Å². The third-order valence-corrected chi connectivity index (χ3v) is 6.64. The number of carboxylic acid groups (broad SMARTS) is 1. The summed E-state index contributed by atoms with van der Waals surface area (Å²) in [6.45, 7) is 0.0274.